The molecule has 2 rings (SSSR count). The summed E-state index contributed by atoms with van der Waals surface area (Å²) in [6.45, 7) is -0.0446. The van der Waals surface area contributed by atoms with Crippen molar-refractivity contribution in [3.63, 3.8) is 0 Å². The predicted molar refractivity (Wildman–Crippen MR) is 73.6 cm³/mol. The lowest BCUT2D eigenvalue weighted by molar-refractivity contribution is -0.137. The largest absolute Gasteiger partial charge is 0.416 e. The van der Waals surface area contributed by atoms with Gasteiger partial charge in [0.25, 0.3) is 5.91 Å². The minimum Gasteiger partial charge on any atom is -0.337 e. The molecular formula is C16H13F4NO. The summed E-state index contributed by atoms with van der Waals surface area (Å²) >= 11 is 0. The summed E-state index contributed by atoms with van der Waals surface area (Å²) in [5.74, 6) is -1.25. The minimum atomic E-state index is -4.44. The Hall–Kier alpha value is -2.37. The van der Waals surface area contributed by atoms with Gasteiger partial charge in [0.2, 0.25) is 0 Å². The zero-order valence-electron chi connectivity index (χ0n) is 11.7. The smallest absolute Gasteiger partial charge is 0.337 e. The van der Waals surface area contributed by atoms with Gasteiger partial charge in [0.1, 0.15) is 5.82 Å². The molecule has 0 aliphatic heterocycles. The third-order valence-electron chi connectivity index (χ3n) is 3.13. The molecular weight excluding hydrogens is 298 g/mol. The Morgan fingerprint density at radius 1 is 1.09 bits per heavy atom. The number of benzene rings is 2. The van der Waals surface area contributed by atoms with Crippen molar-refractivity contribution in [3.8, 4) is 0 Å². The zero-order valence-corrected chi connectivity index (χ0v) is 11.7. The Morgan fingerprint density at radius 2 is 1.77 bits per heavy atom. The van der Waals surface area contributed by atoms with Crippen molar-refractivity contribution in [1.82, 2.24) is 4.90 Å². The second-order valence-corrected chi connectivity index (χ2v) is 4.84. The monoisotopic (exact) mass is 311 g/mol. The molecule has 0 aromatic heterocycles. The van der Waals surface area contributed by atoms with Crippen molar-refractivity contribution in [1.29, 1.82) is 0 Å². The molecule has 2 aromatic carbocycles. The highest BCUT2D eigenvalue weighted by Crippen LogP contribution is 2.29. The van der Waals surface area contributed by atoms with Gasteiger partial charge in [0.15, 0.2) is 0 Å². The van der Waals surface area contributed by atoms with Crippen molar-refractivity contribution in [3.05, 3.63) is 71.0 Å². The van der Waals surface area contributed by atoms with E-state index in [1.807, 2.05) is 0 Å². The number of amides is 1. The normalized spacial score (nSPS) is 11.3. The first-order chi connectivity index (χ1) is 10.3. The van der Waals surface area contributed by atoms with E-state index in [-0.39, 0.29) is 12.1 Å². The number of halogens is 4. The molecule has 22 heavy (non-hydrogen) atoms. The van der Waals surface area contributed by atoms with Crippen LogP contribution >= 0.6 is 0 Å². The molecule has 6 heteroatoms. The number of hydrogen-bond donors (Lipinski definition) is 0. The lowest BCUT2D eigenvalue weighted by atomic mass is 10.1. The van der Waals surface area contributed by atoms with E-state index < -0.39 is 23.5 Å². The third kappa shape index (κ3) is 3.63. The Kier molecular flexibility index (Phi) is 4.49. The van der Waals surface area contributed by atoms with Crippen LogP contribution in [0.1, 0.15) is 21.5 Å². The second-order valence-electron chi connectivity index (χ2n) is 4.84. The number of alkyl halides is 3. The Labute approximate surface area is 125 Å². The second kappa shape index (κ2) is 6.17. The van der Waals surface area contributed by atoms with E-state index >= 15 is 0 Å². The molecule has 0 heterocycles. The first kappa shape index (κ1) is 16.0. The van der Waals surface area contributed by atoms with Gasteiger partial charge in [-0.1, -0.05) is 24.3 Å². The van der Waals surface area contributed by atoms with Crippen LogP contribution in [0.2, 0.25) is 0 Å². The quantitative estimate of drug-likeness (QED) is 0.781. The van der Waals surface area contributed by atoms with E-state index in [1.165, 1.54) is 42.3 Å². The standard InChI is InChI=1S/C16H13F4NO/c1-21(15(22)13-7-2-3-8-14(13)17)10-11-5-4-6-12(9-11)16(18,19)20/h2-9H,10H2,1H3. The lowest BCUT2D eigenvalue weighted by Gasteiger charge is -2.18. The fourth-order valence-electron chi connectivity index (χ4n) is 2.03. The van der Waals surface area contributed by atoms with Gasteiger partial charge in [-0.3, -0.25) is 4.79 Å². The summed E-state index contributed by atoms with van der Waals surface area (Å²) in [4.78, 5) is 13.3. The Bertz CT molecular complexity index is 682. The van der Waals surface area contributed by atoms with E-state index in [2.05, 4.69) is 0 Å². The van der Waals surface area contributed by atoms with Gasteiger partial charge >= 0.3 is 6.18 Å². The topological polar surface area (TPSA) is 20.3 Å². The molecule has 2 nitrogen and oxygen atoms in total. The molecule has 0 unspecified atom stereocenters. The van der Waals surface area contributed by atoms with Crippen molar-refractivity contribution >= 4 is 5.91 Å². The van der Waals surface area contributed by atoms with E-state index in [0.717, 1.165) is 18.2 Å². The highest BCUT2D eigenvalue weighted by atomic mass is 19.4. The molecule has 0 saturated heterocycles. The van der Waals surface area contributed by atoms with Crippen LogP contribution in [0.15, 0.2) is 48.5 Å². The number of rotatable bonds is 3. The van der Waals surface area contributed by atoms with Gasteiger partial charge in [-0.25, -0.2) is 4.39 Å². The van der Waals surface area contributed by atoms with Gasteiger partial charge in [0, 0.05) is 13.6 Å². The van der Waals surface area contributed by atoms with Crippen molar-refractivity contribution in [2.45, 2.75) is 12.7 Å². The molecule has 0 radical (unpaired) electrons. The van der Waals surface area contributed by atoms with Crippen LogP contribution in [0.5, 0.6) is 0 Å². The van der Waals surface area contributed by atoms with E-state index in [1.54, 1.807) is 0 Å². The highest BCUT2D eigenvalue weighted by Gasteiger charge is 2.30. The Balaban J connectivity index is 2.17. The van der Waals surface area contributed by atoms with E-state index in [9.17, 15) is 22.4 Å². The molecule has 0 spiro atoms. The maximum atomic E-state index is 13.6. The molecule has 0 N–H and O–H groups in total. The SMILES string of the molecule is CN(Cc1cccc(C(F)(F)F)c1)C(=O)c1ccccc1F. The van der Waals surface area contributed by atoms with Gasteiger partial charge in [-0.15, -0.1) is 0 Å². The minimum absolute atomic E-state index is 0.0446. The molecule has 0 aliphatic carbocycles. The number of nitrogens with zero attached hydrogens (tertiary/aromatic N) is 1. The van der Waals surface area contributed by atoms with Crippen LogP contribution in [-0.4, -0.2) is 17.9 Å². The van der Waals surface area contributed by atoms with Crippen LogP contribution in [-0.2, 0) is 12.7 Å². The van der Waals surface area contributed by atoms with Crippen LogP contribution in [0, 0.1) is 5.82 Å². The Morgan fingerprint density at radius 3 is 2.41 bits per heavy atom. The zero-order chi connectivity index (χ0) is 16.3. The number of carbonyl (C=O) groups excluding carboxylic acids is 1. The number of hydrogen-bond acceptors (Lipinski definition) is 1. The first-order valence-electron chi connectivity index (χ1n) is 6.45. The molecule has 0 bridgehead atoms. The fraction of sp³-hybridized carbons (Fsp3) is 0.188. The van der Waals surface area contributed by atoms with Gasteiger partial charge in [-0.05, 0) is 29.8 Å². The predicted octanol–water partition coefficient (Wildman–Crippen LogP) is 4.12. The van der Waals surface area contributed by atoms with Crippen LogP contribution in [0.3, 0.4) is 0 Å². The van der Waals surface area contributed by atoms with Crippen LogP contribution in [0.25, 0.3) is 0 Å². The van der Waals surface area contributed by atoms with E-state index in [4.69, 9.17) is 0 Å². The number of carbonyl (C=O) groups is 1. The summed E-state index contributed by atoms with van der Waals surface area (Å²) in [7, 11) is 1.41. The van der Waals surface area contributed by atoms with Gasteiger partial charge < -0.3 is 4.90 Å². The molecule has 0 fully saturated rings. The summed E-state index contributed by atoms with van der Waals surface area (Å²) in [6.07, 6.45) is -4.44. The third-order valence-corrected chi connectivity index (χ3v) is 3.13. The van der Waals surface area contributed by atoms with E-state index in [0.29, 0.717) is 5.56 Å². The fourth-order valence-corrected chi connectivity index (χ4v) is 2.03. The molecule has 0 saturated carbocycles. The van der Waals surface area contributed by atoms with Crippen molar-refractivity contribution in [2.75, 3.05) is 7.05 Å². The van der Waals surface area contributed by atoms with Crippen molar-refractivity contribution in [2.24, 2.45) is 0 Å². The highest BCUT2D eigenvalue weighted by molar-refractivity contribution is 5.94. The molecule has 1 amide bonds. The summed E-state index contributed by atoms with van der Waals surface area (Å²) in [5, 5.41) is 0. The molecule has 0 aliphatic rings. The summed E-state index contributed by atoms with van der Waals surface area (Å²) in [6, 6.07) is 10.2. The summed E-state index contributed by atoms with van der Waals surface area (Å²) in [5.41, 5.74) is -0.573. The molecule has 0 atom stereocenters. The lowest BCUT2D eigenvalue weighted by Crippen LogP contribution is -2.27. The summed E-state index contributed by atoms with van der Waals surface area (Å²) < 4.78 is 51.5. The van der Waals surface area contributed by atoms with Gasteiger partial charge in [-0.2, -0.15) is 13.2 Å². The molecule has 116 valence electrons. The van der Waals surface area contributed by atoms with Crippen molar-refractivity contribution < 1.29 is 22.4 Å². The maximum absolute atomic E-state index is 13.6. The average Bonchev–Trinajstić information content (AvgIpc) is 2.46. The van der Waals surface area contributed by atoms with Gasteiger partial charge in [0.05, 0.1) is 11.1 Å². The van der Waals surface area contributed by atoms with Crippen LogP contribution < -0.4 is 0 Å². The first-order valence-corrected chi connectivity index (χ1v) is 6.45. The average molecular weight is 311 g/mol. The molecule has 2 aromatic rings. The van der Waals surface area contributed by atoms with Crippen LogP contribution in [0.4, 0.5) is 17.6 Å². The maximum Gasteiger partial charge on any atom is 0.416 e.